The molecule has 0 aliphatic carbocycles. The predicted octanol–water partition coefficient (Wildman–Crippen LogP) is 4.41. The van der Waals surface area contributed by atoms with Crippen molar-refractivity contribution in [3.05, 3.63) is 54.9 Å². The molecular formula is C27H42N2O8. The van der Waals surface area contributed by atoms with Crippen molar-refractivity contribution < 1.29 is 39.5 Å². The summed E-state index contributed by atoms with van der Waals surface area (Å²) in [5.74, 6) is -1.60. The molecule has 1 rings (SSSR count). The van der Waals surface area contributed by atoms with Gasteiger partial charge >= 0.3 is 11.9 Å². The Morgan fingerprint density at radius 2 is 1.89 bits per heavy atom. The topological polar surface area (TPSA) is 122 Å². The molecule has 0 saturated heterocycles. The van der Waals surface area contributed by atoms with E-state index in [0.29, 0.717) is 19.6 Å². The molecule has 1 aromatic rings. The number of hydrogen-bond acceptors (Lipinski definition) is 9. The fourth-order valence-corrected chi connectivity index (χ4v) is 2.50. The standard InChI is InChI=1S/C20H30N2O8.C7H10.H2/c1-6-10-27-11-8-13(2)30-20(25)14(3)22-19(24)17-18(29-12-28-15(4)23)16(26-5)7-9-21-17;1-4-6-7(3)5-2;/h7,9,13-14H,6,8,10-12H2,1-5H3,(H,22,24);4-6H,1-2H2,3H3;1H/b;7-6-;/t13-,14-;;/m0../s1. The van der Waals surface area contributed by atoms with E-state index in [1.165, 1.54) is 33.2 Å². The molecule has 0 radical (unpaired) electrons. The van der Waals surface area contributed by atoms with Crippen LogP contribution in [0.3, 0.4) is 0 Å². The summed E-state index contributed by atoms with van der Waals surface area (Å²) in [5, 5.41) is 2.52. The zero-order valence-corrected chi connectivity index (χ0v) is 22.7. The molecule has 208 valence electrons. The second kappa shape index (κ2) is 19.5. The maximum atomic E-state index is 12.6. The number of nitrogens with one attached hydrogen (secondary N) is 1. The number of aromatic nitrogens is 1. The number of nitrogens with zero attached hydrogens (tertiary/aromatic N) is 1. The van der Waals surface area contributed by atoms with Gasteiger partial charge in [-0.25, -0.2) is 9.78 Å². The Morgan fingerprint density at radius 3 is 2.43 bits per heavy atom. The van der Waals surface area contributed by atoms with E-state index in [-0.39, 0.29) is 24.7 Å². The van der Waals surface area contributed by atoms with Crippen LogP contribution in [-0.4, -0.2) is 62.1 Å². The van der Waals surface area contributed by atoms with Crippen LogP contribution in [0.1, 0.15) is 59.4 Å². The van der Waals surface area contributed by atoms with Crippen molar-refractivity contribution in [2.24, 2.45) is 0 Å². The first kappa shape index (κ1) is 33.3. The highest BCUT2D eigenvalue weighted by molar-refractivity contribution is 5.98. The number of esters is 2. The minimum atomic E-state index is -0.925. The molecule has 1 aromatic heterocycles. The van der Waals surface area contributed by atoms with Crippen LogP contribution < -0.4 is 14.8 Å². The second-order valence-corrected chi connectivity index (χ2v) is 7.78. The van der Waals surface area contributed by atoms with Crippen LogP contribution in [-0.2, 0) is 23.8 Å². The van der Waals surface area contributed by atoms with Crippen LogP contribution in [0.25, 0.3) is 0 Å². The van der Waals surface area contributed by atoms with E-state index in [9.17, 15) is 14.4 Å². The van der Waals surface area contributed by atoms with Crippen molar-refractivity contribution in [2.45, 2.75) is 59.6 Å². The van der Waals surface area contributed by atoms with Gasteiger partial charge in [-0.1, -0.05) is 43.9 Å². The van der Waals surface area contributed by atoms with Crippen LogP contribution in [0, 0.1) is 0 Å². The third kappa shape index (κ3) is 14.5. The predicted molar refractivity (Wildman–Crippen MR) is 143 cm³/mol. The number of carbonyl (C=O) groups excluding carboxylic acids is 3. The highest BCUT2D eigenvalue weighted by Crippen LogP contribution is 2.29. The molecule has 0 saturated carbocycles. The molecule has 1 heterocycles. The Bertz CT molecular complexity index is 920. The van der Waals surface area contributed by atoms with Gasteiger partial charge in [0.15, 0.2) is 17.2 Å². The summed E-state index contributed by atoms with van der Waals surface area (Å²) in [6.45, 7) is 16.3. The van der Waals surface area contributed by atoms with E-state index in [4.69, 9.17) is 23.7 Å². The Morgan fingerprint density at radius 1 is 1.19 bits per heavy atom. The van der Waals surface area contributed by atoms with Gasteiger partial charge in [-0.15, -0.1) is 0 Å². The van der Waals surface area contributed by atoms with E-state index in [2.05, 4.69) is 23.5 Å². The second-order valence-electron chi connectivity index (χ2n) is 7.78. The van der Waals surface area contributed by atoms with Crippen molar-refractivity contribution in [2.75, 3.05) is 27.1 Å². The minimum Gasteiger partial charge on any atom is -0.493 e. The van der Waals surface area contributed by atoms with E-state index >= 15 is 0 Å². The smallest absolute Gasteiger partial charge is 0.328 e. The van der Waals surface area contributed by atoms with Crippen molar-refractivity contribution in [1.82, 2.24) is 10.3 Å². The Balaban J connectivity index is 0. The number of allylic oxidation sites excluding steroid dienone is 4. The lowest BCUT2D eigenvalue weighted by Gasteiger charge is -2.18. The van der Waals surface area contributed by atoms with Crippen molar-refractivity contribution in [3.63, 3.8) is 0 Å². The largest absolute Gasteiger partial charge is 0.493 e. The quantitative estimate of drug-likeness (QED) is 0.154. The molecule has 0 bridgehead atoms. The Kier molecular flexibility index (Phi) is 17.6. The van der Waals surface area contributed by atoms with Gasteiger partial charge in [-0.3, -0.25) is 9.59 Å². The minimum absolute atomic E-state index is 0. The fourth-order valence-electron chi connectivity index (χ4n) is 2.50. The van der Waals surface area contributed by atoms with Gasteiger partial charge in [0.1, 0.15) is 12.1 Å². The maximum absolute atomic E-state index is 12.6. The lowest BCUT2D eigenvalue weighted by Crippen LogP contribution is -2.41. The molecule has 10 nitrogen and oxygen atoms in total. The molecule has 0 aliphatic heterocycles. The van der Waals surface area contributed by atoms with E-state index < -0.39 is 30.7 Å². The lowest BCUT2D eigenvalue weighted by atomic mass is 10.2. The summed E-state index contributed by atoms with van der Waals surface area (Å²) in [6, 6.07) is 0.561. The summed E-state index contributed by atoms with van der Waals surface area (Å²) in [4.78, 5) is 39.8. The number of pyridine rings is 1. The molecule has 0 aromatic carbocycles. The summed E-state index contributed by atoms with van der Waals surface area (Å²) < 4.78 is 25.9. The van der Waals surface area contributed by atoms with Crippen LogP contribution >= 0.6 is 0 Å². The number of carbonyl (C=O) groups is 3. The maximum Gasteiger partial charge on any atom is 0.328 e. The Hall–Kier alpha value is -3.66. The third-order valence-electron chi connectivity index (χ3n) is 4.51. The van der Waals surface area contributed by atoms with Gasteiger partial charge in [0.05, 0.1) is 13.7 Å². The highest BCUT2D eigenvalue weighted by Gasteiger charge is 2.24. The van der Waals surface area contributed by atoms with Crippen LogP contribution in [0.2, 0.25) is 0 Å². The average molecular weight is 523 g/mol. The molecule has 1 N–H and O–H groups in total. The normalized spacial score (nSPS) is 12.1. The van der Waals surface area contributed by atoms with Crippen molar-refractivity contribution in [1.29, 1.82) is 0 Å². The SMILES string of the molecule is C=C/C=C(/C)C=C.CCCOCC[C@H](C)OC(=O)[C@H](C)NC(=O)c1nccc(OC)c1OCOC(C)=O.[HH]. The van der Waals surface area contributed by atoms with Crippen LogP contribution in [0.4, 0.5) is 0 Å². The molecule has 2 atom stereocenters. The van der Waals surface area contributed by atoms with Crippen LogP contribution in [0.15, 0.2) is 49.2 Å². The van der Waals surface area contributed by atoms with E-state index in [1.54, 1.807) is 19.1 Å². The van der Waals surface area contributed by atoms with Gasteiger partial charge in [0.2, 0.25) is 6.79 Å². The van der Waals surface area contributed by atoms with Crippen molar-refractivity contribution in [3.8, 4) is 11.5 Å². The average Bonchev–Trinajstić information content (AvgIpc) is 2.86. The zero-order valence-electron chi connectivity index (χ0n) is 22.7. The molecule has 1 amide bonds. The first-order chi connectivity index (χ1) is 17.6. The monoisotopic (exact) mass is 522 g/mol. The Labute approximate surface area is 221 Å². The fraction of sp³-hybridized carbons (Fsp3) is 0.481. The van der Waals surface area contributed by atoms with E-state index in [0.717, 1.165) is 12.0 Å². The number of amides is 1. The molecule has 0 spiro atoms. The highest BCUT2D eigenvalue weighted by atomic mass is 16.7. The number of rotatable bonds is 15. The summed E-state index contributed by atoms with van der Waals surface area (Å²) in [7, 11) is 1.39. The molecular weight excluding hydrogens is 480 g/mol. The lowest BCUT2D eigenvalue weighted by molar-refractivity contribution is -0.151. The zero-order chi connectivity index (χ0) is 28.2. The molecule has 0 unspecified atom stereocenters. The summed E-state index contributed by atoms with van der Waals surface area (Å²) in [6.07, 6.45) is 7.92. The first-order valence-corrected chi connectivity index (χ1v) is 11.9. The van der Waals surface area contributed by atoms with Crippen LogP contribution in [0.5, 0.6) is 11.5 Å². The molecule has 37 heavy (non-hydrogen) atoms. The van der Waals surface area contributed by atoms with Gasteiger partial charge in [-0.2, -0.15) is 0 Å². The first-order valence-electron chi connectivity index (χ1n) is 11.9. The van der Waals surface area contributed by atoms with Gasteiger partial charge in [0.25, 0.3) is 5.91 Å². The van der Waals surface area contributed by atoms with Gasteiger partial charge in [0, 0.05) is 33.6 Å². The molecule has 0 aliphatic rings. The summed E-state index contributed by atoms with van der Waals surface area (Å²) >= 11 is 0. The summed E-state index contributed by atoms with van der Waals surface area (Å²) in [5.41, 5.74) is 1.03. The van der Waals surface area contributed by atoms with Gasteiger partial charge < -0.3 is 29.0 Å². The number of methoxy groups -OCH3 is 1. The molecule has 10 heteroatoms. The van der Waals surface area contributed by atoms with Crippen molar-refractivity contribution >= 4 is 17.8 Å². The van der Waals surface area contributed by atoms with Gasteiger partial charge in [-0.05, 0) is 27.2 Å². The number of hydrogen-bond donors (Lipinski definition) is 1. The van der Waals surface area contributed by atoms with E-state index in [1.807, 2.05) is 19.9 Å². The number of ether oxygens (including phenoxy) is 5. The third-order valence-corrected chi connectivity index (χ3v) is 4.51. The molecule has 0 fully saturated rings.